The number of hydrogen-bond donors (Lipinski definition) is 2. The van der Waals surface area contributed by atoms with Gasteiger partial charge in [-0.3, -0.25) is 9.78 Å². The van der Waals surface area contributed by atoms with Gasteiger partial charge >= 0.3 is 0 Å². The summed E-state index contributed by atoms with van der Waals surface area (Å²) in [4.78, 5) is 15.6. The summed E-state index contributed by atoms with van der Waals surface area (Å²) >= 11 is 0. The summed E-state index contributed by atoms with van der Waals surface area (Å²) in [6, 6.07) is 10.8. The van der Waals surface area contributed by atoms with Crippen LogP contribution in [0.2, 0.25) is 0 Å². The van der Waals surface area contributed by atoms with Gasteiger partial charge in [0.25, 0.3) is 0 Å². The Hall–Kier alpha value is -2.36. The Morgan fingerprint density at radius 2 is 1.89 bits per heavy atom. The van der Waals surface area contributed by atoms with Crippen molar-refractivity contribution in [3.8, 4) is 5.75 Å². The molecule has 0 fully saturated rings. The van der Waals surface area contributed by atoms with E-state index < -0.39 is 0 Å². The van der Waals surface area contributed by atoms with Gasteiger partial charge in [-0.1, -0.05) is 18.2 Å². The van der Waals surface area contributed by atoms with Gasteiger partial charge in [-0.25, -0.2) is 0 Å². The number of nitrogens with zero attached hydrogens (tertiary/aromatic N) is 1. The first-order valence-corrected chi connectivity index (χ1v) is 6.18. The fraction of sp³-hybridized carbons (Fsp3) is 0.200. The molecule has 19 heavy (non-hydrogen) atoms. The number of aromatic hydroxyl groups is 1. The maximum Gasteiger partial charge on any atom is 0.220 e. The molecule has 2 aromatic rings. The van der Waals surface area contributed by atoms with E-state index in [0.717, 1.165) is 11.1 Å². The van der Waals surface area contributed by atoms with Gasteiger partial charge in [0.2, 0.25) is 5.91 Å². The van der Waals surface area contributed by atoms with Crippen molar-refractivity contribution in [3.63, 3.8) is 0 Å². The predicted octanol–water partition coefficient (Wildman–Crippen LogP) is 2.04. The lowest BCUT2D eigenvalue weighted by atomic mass is 10.1. The largest absolute Gasteiger partial charge is 0.508 e. The number of para-hydroxylation sites is 1. The Bertz CT molecular complexity index is 541. The molecule has 2 rings (SSSR count). The average Bonchev–Trinajstić information content (AvgIpc) is 2.45. The van der Waals surface area contributed by atoms with Crippen LogP contribution in [0.3, 0.4) is 0 Å². The van der Waals surface area contributed by atoms with E-state index in [1.807, 2.05) is 18.2 Å². The zero-order valence-corrected chi connectivity index (χ0v) is 10.5. The number of phenols is 1. The Morgan fingerprint density at radius 1 is 1.16 bits per heavy atom. The van der Waals surface area contributed by atoms with E-state index in [1.54, 1.807) is 30.6 Å². The number of carbonyl (C=O) groups is 1. The van der Waals surface area contributed by atoms with Gasteiger partial charge in [0.1, 0.15) is 5.75 Å². The van der Waals surface area contributed by atoms with Crippen LogP contribution in [0.4, 0.5) is 0 Å². The van der Waals surface area contributed by atoms with Crippen molar-refractivity contribution < 1.29 is 9.90 Å². The van der Waals surface area contributed by atoms with E-state index in [1.165, 1.54) is 0 Å². The lowest BCUT2D eigenvalue weighted by molar-refractivity contribution is -0.121. The number of aromatic nitrogens is 1. The molecule has 4 nitrogen and oxygen atoms in total. The molecular weight excluding hydrogens is 240 g/mol. The Morgan fingerprint density at radius 3 is 2.63 bits per heavy atom. The maximum absolute atomic E-state index is 11.7. The van der Waals surface area contributed by atoms with E-state index >= 15 is 0 Å². The smallest absolute Gasteiger partial charge is 0.220 e. The third kappa shape index (κ3) is 4.10. The molecule has 0 aliphatic carbocycles. The number of hydrogen-bond acceptors (Lipinski definition) is 3. The Balaban J connectivity index is 1.78. The molecule has 0 saturated heterocycles. The molecule has 0 saturated carbocycles. The number of nitrogens with one attached hydrogen (secondary N) is 1. The van der Waals surface area contributed by atoms with Gasteiger partial charge in [0.05, 0.1) is 0 Å². The quantitative estimate of drug-likeness (QED) is 0.860. The molecule has 1 amide bonds. The highest BCUT2D eigenvalue weighted by molar-refractivity contribution is 5.76. The van der Waals surface area contributed by atoms with E-state index in [9.17, 15) is 9.90 Å². The standard InChI is InChI=1S/C15H16N2O2/c18-14-4-2-1-3-13(14)11-17-15(19)6-5-12-7-9-16-10-8-12/h1-4,7-10,18H,5-6,11H2,(H,17,19). The molecule has 1 aromatic heterocycles. The summed E-state index contributed by atoms with van der Waals surface area (Å²) in [5.74, 6) is 0.178. The van der Waals surface area contributed by atoms with Crippen LogP contribution in [-0.4, -0.2) is 16.0 Å². The number of benzene rings is 1. The first-order valence-electron chi connectivity index (χ1n) is 6.18. The second-order valence-electron chi connectivity index (χ2n) is 4.26. The highest BCUT2D eigenvalue weighted by Crippen LogP contribution is 2.14. The van der Waals surface area contributed by atoms with Gasteiger partial charge in [0, 0.05) is 30.9 Å². The Labute approximate surface area is 112 Å². The van der Waals surface area contributed by atoms with Crippen LogP contribution >= 0.6 is 0 Å². The summed E-state index contributed by atoms with van der Waals surface area (Å²) < 4.78 is 0. The molecule has 0 spiro atoms. The first kappa shape index (κ1) is 13.1. The molecule has 0 unspecified atom stereocenters. The average molecular weight is 256 g/mol. The van der Waals surface area contributed by atoms with Crippen molar-refractivity contribution in [2.24, 2.45) is 0 Å². The predicted molar refractivity (Wildman–Crippen MR) is 72.5 cm³/mol. The fourth-order valence-electron chi connectivity index (χ4n) is 1.75. The van der Waals surface area contributed by atoms with Crippen LogP contribution in [0.25, 0.3) is 0 Å². The fourth-order valence-corrected chi connectivity index (χ4v) is 1.75. The van der Waals surface area contributed by atoms with E-state index in [-0.39, 0.29) is 11.7 Å². The van der Waals surface area contributed by atoms with Crippen LogP contribution < -0.4 is 5.32 Å². The summed E-state index contributed by atoms with van der Waals surface area (Å²) in [5, 5.41) is 12.4. The van der Waals surface area contributed by atoms with Gasteiger partial charge in [0.15, 0.2) is 0 Å². The van der Waals surface area contributed by atoms with Crippen molar-refractivity contribution in [2.45, 2.75) is 19.4 Å². The lowest BCUT2D eigenvalue weighted by Gasteiger charge is -2.07. The summed E-state index contributed by atoms with van der Waals surface area (Å²) in [6.07, 6.45) is 4.55. The number of pyridine rings is 1. The molecule has 0 aliphatic heterocycles. The van der Waals surface area contributed by atoms with Crippen molar-refractivity contribution in [2.75, 3.05) is 0 Å². The lowest BCUT2D eigenvalue weighted by Crippen LogP contribution is -2.23. The molecule has 0 radical (unpaired) electrons. The SMILES string of the molecule is O=C(CCc1ccncc1)NCc1ccccc1O. The maximum atomic E-state index is 11.7. The third-order valence-electron chi connectivity index (χ3n) is 2.86. The molecule has 2 N–H and O–H groups in total. The number of rotatable bonds is 5. The van der Waals surface area contributed by atoms with Crippen LogP contribution in [0.15, 0.2) is 48.8 Å². The minimum Gasteiger partial charge on any atom is -0.508 e. The minimum absolute atomic E-state index is 0.0277. The second kappa shape index (κ2) is 6.54. The summed E-state index contributed by atoms with van der Waals surface area (Å²) in [7, 11) is 0. The highest BCUT2D eigenvalue weighted by Gasteiger charge is 2.04. The monoisotopic (exact) mass is 256 g/mol. The molecule has 4 heteroatoms. The van der Waals surface area contributed by atoms with Crippen molar-refractivity contribution in [1.82, 2.24) is 10.3 Å². The van der Waals surface area contributed by atoms with Gasteiger partial charge < -0.3 is 10.4 Å². The zero-order chi connectivity index (χ0) is 13.5. The molecule has 1 aromatic carbocycles. The summed E-state index contributed by atoms with van der Waals surface area (Å²) in [6.45, 7) is 0.349. The number of phenolic OH excluding ortho intramolecular Hbond substituents is 1. The highest BCUT2D eigenvalue weighted by atomic mass is 16.3. The van der Waals surface area contributed by atoms with Crippen LogP contribution in [0, 0.1) is 0 Å². The Kier molecular flexibility index (Phi) is 4.50. The van der Waals surface area contributed by atoms with Crippen molar-refractivity contribution >= 4 is 5.91 Å². The number of carbonyl (C=O) groups excluding carboxylic acids is 1. The van der Waals surface area contributed by atoms with Crippen LogP contribution in [0.1, 0.15) is 17.5 Å². The van der Waals surface area contributed by atoms with Crippen molar-refractivity contribution in [1.29, 1.82) is 0 Å². The topological polar surface area (TPSA) is 62.2 Å². The third-order valence-corrected chi connectivity index (χ3v) is 2.86. The number of amides is 1. The molecule has 1 heterocycles. The first-order chi connectivity index (χ1) is 9.25. The van der Waals surface area contributed by atoms with Crippen molar-refractivity contribution in [3.05, 3.63) is 59.9 Å². The molecular formula is C15H16N2O2. The molecule has 0 aliphatic rings. The van der Waals surface area contributed by atoms with E-state index in [2.05, 4.69) is 10.3 Å². The minimum atomic E-state index is -0.0277. The van der Waals surface area contributed by atoms with E-state index in [4.69, 9.17) is 0 Å². The van der Waals surface area contributed by atoms with Crippen LogP contribution in [0.5, 0.6) is 5.75 Å². The normalized spacial score (nSPS) is 10.1. The second-order valence-corrected chi connectivity index (χ2v) is 4.26. The molecule has 98 valence electrons. The van der Waals surface area contributed by atoms with E-state index in [0.29, 0.717) is 19.4 Å². The van der Waals surface area contributed by atoms with Gasteiger partial charge in [-0.15, -0.1) is 0 Å². The molecule has 0 bridgehead atoms. The van der Waals surface area contributed by atoms with Gasteiger partial charge in [-0.2, -0.15) is 0 Å². The zero-order valence-electron chi connectivity index (χ0n) is 10.5. The summed E-state index contributed by atoms with van der Waals surface area (Å²) in [5.41, 5.74) is 1.81. The number of aryl methyl sites for hydroxylation is 1. The van der Waals surface area contributed by atoms with Crippen LogP contribution in [-0.2, 0) is 17.8 Å². The van der Waals surface area contributed by atoms with Gasteiger partial charge in [-0.05, 0) is 30.2 Å². The molecule has 0 atom stereocenters.